The van der Waals surface area contributed by atoms with Gasteiger partial charge in [-0.25, -0.2) is 0 Å². The average Bonchev–Trinajstić information content (AvgIpc) is 2.29. The number of rotatable bonds is 1. The first-order valence-electron chi connectivity index (χ1n) is 5.05. The van der Waals surface area contributed by atoms with Gasteiger partial charge in [-0.3, -0.25) is 4.79 Å². The van der Waals surface area contributed by atoms with Gasteiger partial charge in [0.2, 0.25) is 0 Å². The maximum atomic E-state index is 11.6. The minimum absolute atomic E-state index is 0.0845. The largest absolute Gasteiger partial charge is 0.508 e. The second kappa shape index (κ2) is 4.14. The Bertz CT molecular complexity index is 649. The molecule has 2 rings (SSSR count). The predicted molar refractivity (Wildman–Crippen MR) is 63.6 cm³/mol. The van der Waals surface area contributed by atoms with Crippen LogP contribution in [-0.4, -0.2) is 10.1 Å². The summed E-state index contributed by atoms with van der Waals surface area (Å²) in [7, 11) is 0. The van der Waals surface area contributed by atoms with Crippen molar-refractivity contribution >= 4 is 0 Å². The number of phenolic OH excluding ortho intramolecular Hbond substituents is 1. The Morgan fingerprint density at radius 3 is 2.53 bits per heavy atom. The lowest BCUT2D eigenvalue weighted by Crippen LogP contribution is -2.12. The molecule has 0 aliphatic rings. The molecule has 0 bridgehead atoms. The minimum Gasteiger partial charge on any atom is -0.508 e. The molecule has 0 aliphatic carbocycles. The van der Waals surface area contributed by atoms with Gasteiger partial charge < -0.3 is 10.1 Å². The summed E-state index contributed by atoms with van der Waals surface area (Å²) in [5, 5.41) is 18.2. The van der Waals surface area contributed by atoms with Crippen LogP contribution in [0.1, 0.15) is 11.3 Å². The van der Waals surface area contributed by atoms with Gasteiger partial charge in [-0.2, -0.15) is 5.26 Å². The van der Waals surface area contributed by atoms with Crippen LogP contribution in [0.15, 0.2) is 35.1 Å². The number of nitrogens with zero attached hydrogens (tertiary/aromatic N) is 1. The maximum absolute atomic E-state index is 11.6. The smallest absolute Gasteiger partial charge is 0.266 e. The van der Waals surface area contributed by atoms with Crippen LogP contribution in [0.3, 0.4) is 0 Å². The van der Waals surface area contributed by atoms with Crippen LogP contribution in [0, 0.1) is 18.3 Å². The van der Waals surface area contributed by atoms with Crippen molar-refractivity contribution in [3.63, 3.8) is 0 Å². The molecule has 0 fully saturated rings. The Balaban J connectivity index is 2.71. The molecule has 1 aromatic carbocycles. The Hall–Kier alpha value is -2.54. The number of aromatic hydroxyl groups is 1. The zero-order valence-electron chi connectivity index (χ0n) is 9.19. The highest BCUT2D eigenvalue weighted by Gasteiger charge is 2.09. The Labute approximate surface area is 97.8 Å². The van der Waals surface area contributed by atoms with Gasteiger partial charge in [-0.1, -0.05) is 12.1 Å². The first-order chi connectivity index (χ1) is 8.11. The number of hydrogen-bond acceptors (Lipinski definition) is 3. The summed E-state index contributed by atoms with van der Waals surface area (Å²) in [5.74, 6) is 0.147. The van der Waals surface area contributed by atoms with E-state index < -0.39 is 5.56 Å². The first kappa shape index (κ1) is 11.0. The summed E-state index contributed by atoms with van der Waals surface area (Å²) in [4.78, 5) is 14.2. The standard InChI is InChI=1S/C13H10N2O2/c1-8-6-11(12(7-14)13(17)15-8)9-2-4-10(16)5-3-9/h2-6,16H,1H3,(H,15,17). The van der Waals surface area contributed by atoms with Gasteiger partial charge in [-0.05, 0) is 30.7 Å². The third kappa shape index (κ3) is 2.04. The van der Waals surface area contributed by atoms with Crippen LogP contribution in [0.25, 0.3) is 11.1 Å². The SMILES string of the molecule is Cc1cc(-c2ccc(O)cc2)c(C#N)c(=O)[nH]1. The molecule has 1 aromatic heterocycles. The van der Waals surface area contributed by atoms with E-state index in [1.54, 1.807) is 25.1 Å². The van der Waals surface area contributed by atoms with E-state index in [0.717, 1.165) is 5.56 Å². The van der Waals surface area contributed by atoms with Crippen LogP contribution in [0.4, 0.5) is 0 Å². The minimum atomic E-state index is -0.393. The number of H-pyrrole nitrogens is 1. The van der Waals surface area contributed by atoms with Crippen molar-refractivity contribution in [2.45, 2.75) is 6.92 Å². The molecular weight excluding hydrogens is 216 g/mol. The molecule has 0 aliphatic heterocycles. The zero-order chi connectivity index (χ0) is 12.4. The molecule has 0 amide bonds. The van der Waals surface area contributed by atoms with E-state index in [1.807, 2.05) is 6.07 Å². The number of pyridine rings is 1. The fraction of sp³-hybridized carbons (Fsp3) is 0.0769. The lowest BCUT2D eigenvalue weighted by molar-refractivity contribution is 0.475. The lowest BCUT2D eigenvalue weighted by atomic mass is 10.0. The van der Waals surface area contributed by atoms with Crippen LogP contribution >= 0.6 is 0 Å². The molecule has 0 spiro atoms. The normalized spacial score (nSPS) is 9.88. The molecule has 1 heterocycles. The third-order valence-corrected chi connectivity index (χ3v) is 2.46. The number of benzene rings is 1. The number of nitriles is 1. The summed E-state index contributed by atoms with van der Waals surface area (Å²) in [5.41, 5.74) is 1.69. The van der Waals surface area contributed by atoms with Crippen LogP contribution in [-0.2, 0) is 0 Å². The number of aryl methyl sites for hydroxylation is 1. The average molecular weight is 226 g/mol. The summed E-state index contributed by atoms with van der Waals surface area (Å²) in [6.07, 6.45) is 0. The molecule has 2 aromatic rings. The fourth-order valence-electron chi connectivity index (χ4n) is 1.67. The first-order valence-corrected chi connectivity index (χ1v) is 5.05. The van der Waals surface area contributed by atoms with Crippen LogP contribution in [0.2, 0.25) is 0 Å². The highest BCUT2D eigenvalue weighted by molar-refractivity contribution is 5.70. The van der Waals surface area contributed by atoms with Gasteiger partial charge in [0, 0.05) is 11.3 Å². The molecule has 0 saturated heterocycles. The second-order valence-electron chi connectivity index (χ2n) is 3.73. The van der Waals surface area contributed by atoms with E-state index in [4.69, 9.17) is 5.26 Å². The molecular formula is C13H10N2O2. The van der Waals surface area contributed by atoms with E-state index in [2.05, 4.69) is 4.98 Å². The van der Waals surface area contributed by atoms with E-state index in [1.165, 1.54) is 12.1 Å². The summed E-state index contributed by atoms with van der Waals surface area (Å²) < 4.78 is 0. The molecule has 4 heteroatoms. The summed E-state index contributed by atoms with van der Waals surface area (Å²) in [6, 6.07) is 10.0. The van der Waals surface area contributed by atoms with E-state index in [-0.39, 0.29) is 11.3 Å². The quantitative estimate of drug-likeness (QED) is 0.779. The van der Waals surface area contributed by atoms with Crippen molar-refractivity contribution in [3.8, 4) is 22.9 Å². The molecule has 17 heavy (non-hydrogen) atoms. The topological polar surface area (TPSA) is 76.9 Å². The predicted octanol–water partition coefficient (Wildman–Crippen LogP) is 1.93. The van der Waals surface area contributed by atoms with Crippen molar-refractivity contribution in [2.75, 3.05) is 0 Å². The van der Waals surface area contributed by atoms with E-state index >= 15 is 0 Å². The molecule has 4 nitrogen and oxygen atoms in total. The van der Waals surface area contributed by atoms with E-state index in [9.17, 15) is 9.90 Å². The lowest BCUT2D eigenvalue weighted by Gasteiger charge is -2.05. The number of aromatic nitrogens is 1. The van der Waals surface area contributed by atoms with Crippen molar-refractivity contribution in [1.29, 1.82) is 5.26 Å². The molecule has 0 saturated carbocycles. The van der Waals surface area contributed by atoms with Crippen molar-refractivity contribution in [2.24, 2.45) is 0 Å². The number of nitrogens with one attached hydrogen (secondary N) is 1. The number of aromatic amines is 1. The Kier molecular flexibility index (Phi) is 2.67. The van der Waals surface area contributed by atoms with Gasteiger partial charge in [0.15, 0.2) is 0 Å². The van der Waals surface area contributed by atoms with Crippen molar-refractivity contribution < 1.29 is 5.11 Å². The van der Waals surface area contributed by atoms with Gasteiger partial charge >= 0.3 is 0 Å². The number of phenols is 1. The number of hydrogen-bond donors (Lipinski definition) is 2. The van der Waals surface area contributed by atoms with Crippen molar-refractivity contribution in [1.82, 2.24) is 4.98 Å². The molecule has 2 N–H and O–H groups in total. The van der Waals surface area contributed by atoms with Gasteiger partial charge in [0.1, 0.15) is 17.4 Å². The van der Waals surface area contributed by atoms with Gasteiger partial charge in [0.05, 0.1) is 0 Å². The summed E-state index contributed by atoms with van der Waals surface area (Å²) in [6.45, 7) is 1.76. The monoisotopic (exact) mass is 226 g/mol. The maximum Gasteiger partial charge on any atom is 0.266 e. The third-order valence-electron chi connectivity index (χ3n) is 2.46. The van der Waals surface area contributed by atoms with Crippen LogP contribution in [0.5, 0.6) is 5.75 Å². The van der Waals surface area contributed by atoms with Gasteiger partial charge in [0.25, 0.3) is 5.56 Å². The molecule has 84 valence electrons. The van der Waals surface area contributed by atoms with Gasteiger partial charge in [-0.15, -0.1) is 0 Å². The summed E-state index contributed by atoms with van der Waals surface area (Å²) >= 11 is 0. The van der Waals surface area contributed by atoms with Crippen molar-refractivity contribution in [3.05, 3.63) is 51.9 Å². The zero-order valence-corrected chi connectivity index (χ0v) is 9.19. The molecule has 0 radical (unpaired) electrons. The highest BCUT2D eigenvalue weighted by Crippen LogP contribution is 2.23. The van der Waals surface area contributed by atoms with Crippen LogP contribution < -0.4 is 5.56 Å². The van der Waals surface area contributed by atoms with E-state index in [0.29, 0.717) is 11.3 Å². The highest BCUT2D eigenvalue weighted by atomic mass is 16.3. The Morgan fingerprint density at radius 1 is 1.29 bits per heavy atom. The second-order valence-corrected chi connectivity index (χ2v) is 3.73. The fourth-order valence-corrected chi connectivity index (χ4v) is 1.67. The molecule has 0 unspecified atom stereocenters. The molecule has 0 atom stereocenters. The Morgan fingerprint density at radius 2 is 1.94 bits per heavy atom.